The zero-order valence-electron chi connectivity index (χ0n) is 12.7. The van der Waals surface area contributed by atoms with Crippen LogP contribution in [0, 0.1) is 0 Å². The average molecular weight is 338 g/mol. The molecule has 1 unspecified atom stereocenters. The molecule has 0 fully saturated rings. The van der Waals surface area contributed by atoms with E-state index in [9.17, 15) is 4.79 Å². The van der Waals surface area contributed by atoms with Gasteiger partial charge < -0.3 is 10.1 Å². The standard InChI is InChI=1S/C17H14N4O2S/c22-16(15-7-11-3-1-2-4-14(11)23-15)20-8-12-10-24-17(21-12)13-9-18-5-6-19-13/h1-6,9-10,15H,7-8H2,(H,20,22). The first kappa shape index (κ1) is 14.8. The molecule has 1 aromatic carbocycles. The van der Waals surface area contributed by atoms with Crippen molar-refractivity contribution in [1.82, 2.24) is 20.3 Å². The normalized spacial score (nSPS) is 15.6. The zero-order chi connectivity index (χ0) is 16.4. The summed E-state index contributed by atoms with van der Waals surface area (Å²) < 4.78 is 5.68. The molecule has 1 aliphatic rings. The van der Waals surface area contributed by atoms with Gasteiger partial charge in [-0.1, -0.05) is 18.2 Å². The molecule has 4 rings (SSSR count). The lowest BCUT2D eigenvalue weighted by atomic mass is 10.1. The maximum absolute atomic E-state index is 12.3. The molecule has 7 heteroatoms. The van der Waals surface area contributed by atoms with Gasteiger partial charge in [-0.3, -0.25) is 14.8 Å². The highest BCUT2D eigenvalue weighted by atomic mass is 32.1. The molecule has 1 N–H and O–H groups in total. The molecule has 0 radical (unpaired) electrons. The van der Waals surface area contributed by atoms with Crippen molar-refractivity contribution in [3.63, 3.8) is 0 Å². The second kappa shape index (κ2) is 6.37. The predicted octanol–water partition coefficient (Wildman–Crippen LogP) is 2.22. The summed E-state index contributed by atoms with van der Waals surface area (Å²) >= 11 is 1.48. The van der Waals surface area contributed by atoms with Gasteiger partial charge in [-0.05, 0) is 11.6 Å². The fraction of sp³-hybridized carbons (Fsp3) is 0.176. The molecule has 2 aromatic heterocycles. The van der Waals surface area contributed by atoms with Crippen LogP contribution in [0.3, 0.4) is 0 Å². The third kappa shape index (κ3) is 2.98. The summed E-state index contributed by atoms with van der Waals surface area (Å²) in [5.74, 6) is 0.663. The Bertz CT molecular complexity index is 841. The summed E-state index contributed by atoms with van der Waals surface area (Å²) in [6.07, 6.45) is 5.06. The molecule has 3 heterocycles. The van der Waals surface area contributed by atoms with E-state index in [0.29, 0.717) is 13.0 Å². The number of nitrogens with one attached hydrogen (secondary N) is 1. The minimum Gasteiger partial charge on any atom is -0.480 e. The van der Waals surface area contributed by atoms with Gasteiger partial charge in [0, 0.05) is 24.2 Å². The third-order valence-electron chi connectivity index (χ3n) is 3.72. The number of amides is 1. The van der Waals surface area contributed by atoms with Crippen LogP contribution in [0.4, 0.5) is 0 Å². The lowest BCUT2D eigenvalue weighted by Gasteiger charge is -2.10. The number of hydrogen-bond donors (Lipinski definition) is 1. The van der Waals surface area contributed by atoms with E-state index in [1.165, 1.54) is 11.3 Å². The number of thiazole rings is 1. The molecule has 24 heavy (non-hydrogen) atoms. The first-order chi connectivity index (χ1) is 11.8. The van der Waals surface area contributed by atoms with Gasteiger partial charge in [0.25, 0.3) is 5.91 Å². The minimum absolute atomic E-state index is 0.125. The monoisotopic (exact) mass is 338 g/mol. The van der Waals surface area contributed by atoms with Gasteiger partial charge in [0.1, 0.15) is 16.5 Å². The second-order valence-corrected chi connectivity index (χ2v) is 6.23. The van der Waals surface area contributed by atoms with Crippen molar-refractivity contribution in [2.75, 3.05) is 0 Å². The lowest BCUT2D eigenvalue weighted by Crippen LogP contribution is -2.37. The van der Waals surface area contributed by atoms with Gasteiger partial charge in [-0.2, -0.15) is 0 Å². The highest BCUT2D eigenvalue weighted by Gasteiger charge is 2.28. The predicted molar refractivity (Wildman–Crippen MR) is 89.5 cm³/mol. The Kier molecular flexibility index (Phi) is 3.92. The second-order valence-electron chi connectivity index (χ2n) is 5.37. The van der Waals surface area contributed by atoms with Gasteiger partial charge in [0.05, 0.1) is 18.4 Å². The van der Waals surface area contributed by atoms with Crippen molar-refractivity contribution >= 4 is 17.2 Å². The smallest absolute Gasteiger partial charge is 0.261 e. The molecule has 1 atom stereocenters. The van der Waals surface area contributed by atoms with Gasteiger partial charge in [0.2, 0.25) is 0 Å². The van der Waals surface area contributed by atoms with E-state index in [0.717, 1.165) is 27.7 Å². The summed E-state index contributed by atoms with van der Waals surface area (Å²) in [7, 11) is 0. The van der Waals surface area contributed by atoms with Crippen LogP contribution in [0.15, 0.2) is 48.2 Å². The number of benzene rings is 1. The Hall–Kier alpha value is -2.80. The molecule has 6 nitrogen and oxygen atoms in total. The van der Waals surface area contributed by atoms with Gasteiger partial charge in [-0.15, -0.1) is 11.3 Å². The van der Waals surface area contributed by atoms with E-state index in [1.54, 1.807) is 18.6 Å². The van der Waals surface area contributed by atoms with Crippen LogP contribution < -0.4 is 10.1 Å². The number of ether oxygens (including phenoxy) is 1. The van der Waals surface area contributed by atoms with E-state index in [1.807, 2.05) is 29.6 Å². The Morgan fingerprint density at radius 2 is 2.25 bits per heavy atom. The summed E-state index contributed by atoms with van der Waals surface area (Å²) in [5, 5.41) is 5.58. The van der Waals surface area contributed by atoms with Crippen molar-refractivity contribution in [1.29, 1.82) is 0 Å². The number of para-hydroxylation sites is 1. The number of nitrogens with zero attached hydrogens (tertiary/aromatic N) is 3. The van der Waals surface area contributed by atoms with E-state index in [2.05, 4.69) is 20.3 Å². The quantitative estimate of drug-likeness (QED) is 0.789. The largest absolute Gasteiger partial charge is 0.480 e. The number of aromatic nitrogens is 3. The lowest BCUT2D eigenvalue weighted by molar-refractivity contribution is -0.127. The van der Waals surface area contributed by atoms with Crippen molar-refractivity contribution in [2.24, 2.45) is 0 Å². The van der Waals surface area contributed by atoms with E-state index >= 15 is 0 Å². The fourth-order valence-corrected chi connectivity index (χ4v) is 3.31. The molecule has 3 aromatic rings. The zero-order valence-corrected chi connectivity index (χ0v) is 13.5. The molecule has 0 spiro atoms. The maximum Gasteiger partial charge on any atom is 0.261 e. The number of hydrogen-bond acceptors (Lipinski definition) is 6. The Morgan fingerprint density at radius 1 is 1.33 bits per heavy atom. The first-order valence-corrected chi connectivity index (χ1v) is 8.40. The highest BCUT2D eigenvalue weighted by Crippen LogP contribution is 2.28. The average Bonchev–Trinajstić information content (AvgIpc) is 3.27. The Labute approximate surface area is 142 Å². The van der Waals surface area contributed by atoms with Gasteiger partial charge in [-0.25, -0.2) is 4.98 Å². The minimum atomic E-state index is -0.472. The number of carbonyl (C=O) groups excluding carboxylic acids is 1. The molecule has 1 amide bonds. The van der Waals surface area contributed by atoms with Crippen LogP contribution in [0.2, 0.25) is 0 Å². The van der Waals surface area contributed by atoms with E-state index < -0.39 is 6.10 Å². The van der Waals surface area contributed by atoms with Crippen molar-refractivity contribution in [3.8, 4) is 16.5 Å². The van der Waals surface area contributed by atoms with Gasteiger partial charge in [0.15, 0.2) is 6.10 Å². The van der Waals surface area contributed by atoms with Crippen LogP contribution in [0.5, 0.6) is 5.75 Å². The maximum atomic E-state index is 12.3. The third-order valence-corrected chi connectivity index (χ3v) is 4.63. The Morgan fingerprint density at radius 3 is 3.08 bits per heavy atom. The SMILES string of the molecule is O=C(NCc1csc(-c2cnccn2)n1)C1Cc2ccccc2O1. The van der Waals surface area contributed by atoms with Crippen molar-refractivity contribution < 1.29 is 9.53 Å². The van der Waals surface area contributed by atoms with Crippen LogP contribution in [0.25, 0.3) is 10.7 Å². The first-order valence-electron chi connectivity index (χ1n) is 7.52. The van der Waals surface area contributed by atoms with Crippen LogP contribution in [-0.2, 0) is 17.8 Å². The summed E-state index contributed by atoms with van der Waals surface area (Å²) in [6, 6.07) is 7.72. The number of rotatable bonds is 4. The topological polar surface area (TPSA) is 77.0 Å². The van der Waals surface area contributed by atoms with Crippen molar-refractivity contribution in [3.05, 3.63) is 59.5 Å². The highest BCUT2D eigenvalue weighted by molar-refractivity contribution is 7.13. The van der Waals surface area contributed by atoms with E-state index in [-0.39, 0.29) is 5.91 Å². The van der Waals surface area contributed by atoms with E-state index in [4.69, 9.17) is 4.74 Å². The Balaban J connectivity index is 1.36. The molecule has 0 saturated heterocycles. The molecule has 0 bridgehead atoms. The summed E-state index contributed by atoms with van der Waals surface area (Å²) in [4.78, 5) is 25.0. The molecule has 0 aliphatic carbocycles. The molecular weight excluding hydrogens is 324 g/mol. The summed E-state index contributed by atoms with van der Waals surface area (Å²) in [6.45, 7) is 0.367. The molecule has 120 valence electrons. The van der Waals surface area contributed by atoms with Crippen LogP contribution in [-0.4, -0.2) is 27.0 Å². The molecule has 1 aliphatic heterocycles. The van der Waals surface area contributed by atoms with Crippen molar-refractivity contribution in [2.45, 2.75) is 19.1 Å². The molecular formula is C17H14N4O2S. The van der Waals surface area contributed by atoms with Gasteiger partial charge >= 0.3 is 0 Å². The van der Waals surface area contributed by atoms with Crippen LogP contribution >= 0.6 is 11.3 Å². The number of fused-ring (bicyclic) bond motifs is 1. The fourth-order valence-electron chi connectivity index (χ4n) is 2.54. The number of carbonyl (C=O) groups is 1. The van der Waals surface area contributed by atoms with Crippen LogP contribution in [0.1, 0.15) is 11.3 Å². The molecule has 0 saturated carbocycles. The summed E-state index contributed by atoms with van der Waals surface area (Å²) in [5.41, 5.74) is 2.59.